The van der Waals surface area contributed by atoms with Crippen LogP contribution in [0.2, 0.25) is 0 Å². The molecule has 0 radical (unpaired) electrons. The Bertz CT molecular complexity index is 329. The lowest BCUT2D eigenvalue weighted by Gasteiger charge is -2.34. The van der Waals surface area contributed by atoms with E-state index in [1.165, 1.54) is 42.3 Å². The van der Waals surface area contributed by atoms with Crippen molar-refractivity contribution in [3.63, 3.8) is 0 Å². The monoisotopic (exact) mass is 295 g/mol. The molecule has 0 aromatic heterocycles. The summed E-state index contributed by atoms with van der Waals surface area (Å²) in [6.45, 7) is 4.46. The Morgan fingerprint density at radius 2 is 2.00 bits per heavy atom. The standard InChI is InChI=1S/C15H22BrN/c1-2-17-11-14(13-4-3-5-13)10-12-6-8-15(16)9-7-12/h6-9,13-14,17H,2-5,10-11H2,1H3. The van der Waals surface area contributed by atoms with Gasteiger partial charge < -0.3 is 5.32 Å². The van der Waals surface area contributed by atoms with Gasteiger partial charge in [-0.05, 0) is 49.0 Å². The Morgan fingerprint density at radius 3 is 2.53 bits per heavy atom. The van der Waals surface area contributed by atoms with Crippen molar-refractivity contribution in [3.8, 4) is 0 Å². The first kappa shape index (κ1) is 13.1. The number of hydrogen-bond acceptors (Lipinski definition) is 1. The molecule has 0 aliphatic heterocycles. The van der Waals surface area contributed by atoms with Gasteiger partial charge in [0.05, 0.1) is 0 Å². The zero-order valence-corrected chi connectivity index (χ0v) is 12.2. The van der Waals surface area contributed by atoms with Crippen molar-refractivity contribution >= 4 is 15.9 Å². The molecule has 0 spiro atoms. The molecule has 1 aromatic rings. The highest BCUT2D eigenvalue weighted by atomic mass is 79.9. The van der Waals surface area contributed by atoms with Gasteiger partial charge in [0.15, 0.2) is 0 Å². The zero-order chi connectivity index (χ0) is 12.1. The predicted molar refractivity (Wildman–Crippen MR) is 77.2 cm³/mol. The van der Waals surface area contributed by atoms with Crippen LogP contribution in [0, 0.1) is 11.8 Å². The lowest BCUT2D eigenvalue weighted by Crippen LogP contribution is -2.33. The normalized spacial score (nSPS) is 17.8. The highest BCUT2D eigenvalue weighted by Crippen LogP contribution is 2.35. The van der Waals surface area contributed by atoms with Gasteiger partial charge in [-0.3, -0.25) is 0 Å². The molecule has 1 nitrogen and oxygen atoms in total. The van der Waals surface area contributed by atoms with E-state index in [9.17, 15) is 0 Å². The lowest BCUT2D eigenvalue weighted by molar-refractivity contribution is 0.200. The second-order valence-electron chi connectivity index (χ2n) is 5.09. The van der Waals surface area contributed by atoms with Gasteiger partial charge >= 0.3 is 0 Å². The van der Waals surface area contributed by atoms with Gasteiger partial charge in [0.25, 0.3) is 0 Å². The number of nitrogens with one attached hydrogen (secondary N) is 1. The second-order valence-corrected chi connectivity index (χ2v) is 6.01. The van der Waals surface area contributed by atoms with E-state index in [-0.39, 0.29) is 0 Å². The van der Waals surface area contributed by atoms with Gasteiger partial charge in [-0.15, -0.1) is 0 Å². The Kier molecular flexibility index (Phi) is 5.05. The molecule has 0 amide bonds. The van der Waals surface area contributed by atoms with Crippen LogP contribution in [0.1, 0.15) is 31.7 Å². The quantitative estimate of drug-likeness (QED) is 0.836. The van der Waals surface area contributed by atoms with E-state index in [1.807, 2.05) is 0 Å². The smallest absolute Gasteiger partial charge is 0.0175 e. The maximum atomic E-state index is 3.52. The predicted octanol–water partition coefficient (Wildman–Crippen LogP) is 4.02. The third-order valence-corrected chi connectivity index (χ3v) is 4.41. The SMILES string of the molecule is CCNCC(Cc1ccc(Br)cc1)C1CCC1. The molecule has 0 heterocycles. The van der Waals surface area contributed by atoms with Crippen molar-refractivity contribution in [2.24, 2.45) is 11.8 Å². The van der Waals surface area contributed by atoms with Crippen LogP contribution in [0.5, 0.6) is 0 Å². The fourth-order valence-corrected chi connectivity index (χ4v) is 2.83. The van der Waals surface area contributed by atoms with E-state index in [4.69, 9.17) is 0 Å². The van der Waals surface area contributed by atoms with Crippen molar-refractivity contribution in [3.05, 3.63) is 34.3 Å². The first-order valence-corrected chi connectivity index (χ1v) is 7.54. The number of rotatable bonds is 6. The molecule has 1 atom stereocenters. The van der Waals surface area contributed by atoms with E-state index >= 15 is 0 Å². The zero-order valence-electron chi connectivity index (χ0n) is 10.6. The first-order valence-electron chi connectivity index (χ1n) is 6.74. The third-order valence-electron chi connectivity index (χ3n) is 3.88. The van der Waals surface area contributed by atoms with E-state index < -0.39 is 0 Å². The molecule has 1 N–H and O–H groups in total. The highest BCUT2D eigenvalue weighted by molar-refractivity contribution is 9.10. The minimum atomic E-state index is 0.824. The summed E-state index contributed by atoms with van der Waals surface area (Å²) in [7, 11) is 0. The summed E-state index contributed by atoms with van der Waals surface area (Å²) in [6, 6.07) is 8.81. The molecular formula is C15H22BrN. The van der Waals surface area contributed by atoms with Crippen molar-refractivity contribution in [2.45, 2.75) is 32.6 Å². The maximum absolute atomic E-state index is 3.52. The van der Waals surface area contributed by atoms with Crippen LogP contribution < -0.4 is 5.32 Å². The third kappa shape index (κ3) is 3.82. The van der Waals surface area contributed by atoms with Gasteiger partial charge in [-0.2, -0.15) is 0 Å². The molecule has 17 heavy (non-hydrogen) atoms. The average molecular weight is 296 g/mol. The number of hydrogen-bond donors (Lipinski definition) is 1. The molecule has 1 aliphatic carbocycles. The van der Waals surface area contributed by atoms with E-state index in [0.717, 1.165) is 18.4 Å². The van der Waals surface area contributed by atoms with Crippen LogP contribution in [-0.4, -0.2) is 13.1 Å². The van der Waals surface area contributed by atoms with Crippen LogP contribution in [0.15, 0.2) is 28.7 Å². The molecule has 1 saturated carbocycles. The Hall–Kier alpha value is -0.340. The van der Waals surface area contributed by atoms with Crippen LogP contribution in [0.4, 0.5) is 0 Å². The van der Waals surface area contributed by atoms with Crippen LogP contribution >= 0.6 is 15.9 Å². The summed E-state index contributed by atoms with van der Waals surface area (Å²) < 4.78 is 1.17. The van der Waals surface area contributed by atoms with E-state index in [0.29, 0.717) is 0 Å². The highest BCUT2D eigenvalue weighted by Gasteiger charge is 2.26. The molecule has 1 aliphatic rings. The van der Waals surface area contributed by atoms with Gasteiger partial charge in [0.2, 0.25) is 0 Å². The molecule has 1 unspecified atom stereocenters. The number of halogens is 1. The average Bonchev–Trinajstić information content (AvgIpc) is 2.26. The summed E-state index contributed by atoms with van der Waals surface area (Å²) in [5, 5.41) is 3.52. The minimum Gasteiger partial charge on any atom is -0.317 e. The summed E-state index contributed by atoms with van der Waals surface area (Å²) in [5.41, 5.74) is 1.48. The molecule has 2 heteroatoms. The number of benzene rings is 1. The Balaban J connectivity index is 1.93. The molecule has 94 valence electrons. The Morgan fingerprint density at radius 1 is 1.29 bits per heavy atom. The van der Waals surface area contributed by atoms with Crippen LogP contribution in [-0.2, 0) is 6.42 Å². The maximum Gasteiger partial charge on any atom is 0.0175 e. The van der Waals surface area contributed by atoms with Gasteiger partial charge in [0, 0.05) is 4.47 Å². The molecule has 2 rings (SSSR count). The molecular weight excluding hydrogens is 274 g/mol. The summed E-state index contributed by atoms with van der Waals surface area (Å²) in [4.78, 5) is 0. The van der Waals surface area contributed by atoms with E-state index in [2.05, 4.69) is 52.4 Å². The summed E-state index contributed by atoms with van der Waals surface area (Å²) in [5.74, 6) is 1.78. The van der Waals surface area contributed by atoms with Gasteiger partial charge in [-0.1, -0.05) is 54.2 Å². The first-order chi connectivity index (χ1) is 8.29. The molecule has 0 saturated heterocycles. The minimum absolute atomic E-state index is 0.824. The molecule has 1 aromatic carbocycles. The lowest BCUT2D eigenvalue weighted by atomic mass is 9.73. The second kappa shape index (κ2) is 6.55. The summed E-state index contributed by atoms with van der Waals surface area (Å²) >= 11 is 3.50. The topological polar surface area (TPSA) is 12.0 Å². The summed E-state index contributed by atoms with van der Waals surface area (Å²) in [6.07, 6.45) is 5.54. The fourth-order valence-electron chi connectivity index (χ4n) is 2.57. The van der Waals surface area contributed by atoms with Crippen LogP contribution in [0.3, 0.4) is 0 Å². The van der Waals surface area contributed by atoms with Crippen LogP contribution in [0.25, 0.3) is 0 Å². The van der Waals surface area contributed by atoms with Gasteiger partial charge in [-0.25, -0.2) is 0 Å². The molecule has 1 fully saturated rings. The largest absolute Gasteiger partial charge is 0.317 e. The van der Waals surface area contributed by atoms with Crippen molar-refractivity contribution in [1.29, 1.82) is 0 Å². The van der Waals surface area contributed by atoms with Gasteiger partial charge in [0.1, 0.15) is 0 Å². The fraction of sp³-hybridized carbons (Fsp3) is 0.600. The van der Waals surface area contributed by atoms with E-state index in [1.54, 1.807) is 0 Å². The van der Waals surface area contributed by atoms with Crippen molar-refractivity contribution < 1.29 is 0 Å². The van der Waals surface area contributed by atoms with Crippen molar-refractivity contribution in [2.75, 3.05) is 13.1 Å². The molecule has 0 bridgehead atoms. The Labute approximate surface area is 113 Å². The van der Waals surface area contributed by atoms with Crippen molar-refractivity contribution in [1.82, 2.24) is 5.32 Å².